The van der Waals surface area contributed by atoms with Gasteiger partial charge in [-0.05, 0) is 65.2 Å². The maximum absolute atomic E-state index is 5.38. The summed E-state index contributed by atoms with van der Waals surface area (Å²) in [5, 5.41) is 0. The monoisotopic (exact) mass is 493 g/mol. The van der Waals surface area contributed by atoms with Crippen molar-refractivity contribution in [2.24, 2.45) is 0 Å². The predicted octanol–water partition coefficient (Wildman–Crippen LogP) is 8.14. The Labute approximate surface area is 203 Å². The summed E-state index contributed by atoms with van der Waals surface area (Å²) < 4.78 is 6.44. The first-order valence-corrected chi connectivity index (χ1v) is 11.8. The number of halogens is 1. The first-order valence-electron chi connectivity index (χ1n) is 11.0. The summed E-state index contributed by atoms with van der Waals surface area (Å²) in [4.78, 5) is 2.36. The van der Waals surface area contributed by atoms with Crippen LogP contribution in [0.1, 0.15) is 22.6 Å². The fourth-order valence-corrected chi connectivity index (χ4v) is 4.49. The second kappa shape index (κ2) is 9.51. The molecule has 162 valence electrons. The Bertz CT molecular complexity index is 1220. The molecule has 4 aromatic carbocycles. The third-order valence-corrected chi connectivity index (χ3v) is 6.41. The third kappa shape index (κ3) is 4.50. The lowest BCUT2D eigenvalue weighted by Crippen LogP contribution is -2.24. The quantitative estimate of drug-likeness (QED) is 0.278. The molecule has 4 aromatic rings. The van der Waals surface area contributed by atoms with E-state index >= 15 is 0 Å². The zero-order chi connectivity index (χ0) is 22.6. The highest BCUT2D eigenvalue weighted by molar-refractivity contribution is 9.10. The molecular formula is C30H24BrNO. The van der Waals surface area contributed by atoms with E-state index in [1.807, 2.05) is 12.1 Å². The van der Waals surface area contributed by atoms with Crippen molar-refractivity contribution in [2.75, 3.05) is 12.0 Å². The Morgan fingerprint density at radius 2 is 1.15 bits per heavy atom. The minimum Gasteiger partial charge on any atom is -0.497 e. The Morgan fingerprint density at radius 1 is 0.636 bits per heavy atom. The number of nitrogens with zero attached hydrogens (tertiary/aromatic N) is 1. The highest BCUT2D eigenvalue weighted by atomic mass is 79.9. The second-order valence-electron chi connectivity index (χ2n) is 7.95. The molecule has 0 spiro atoms. The molecule has 3 heteroatoms. The number of rotatable bonds is 5. The van der Waals surface area contributed by atoms with Gasteiger partial charge in [-0.2, -0.15) is 0 Å². The van der Waals surface area contributed by atoms with Crippen molar-refractivity contribution >= 4 is 33.0 Å². The molecule has 0 aromatic heterocycles. The molecule has 0 fully saturated rings. The van der Waals surface area contributed by atoms with Gasteiger partial charge < -0.3 is 9.64 Å². The number of ether oxygens (including phenoxy) is 1. The van der Waals surface area contributed by atoms with E-state index in [9.17, 15) is 0 Å². The lowest BCUT2D eigenvalue weighted by molar-refractivity contribution is 0.414. The normalized spacial score (nSPS) is 13.9. The van der Waals surface area contributed by atoms with Gasteiger partial charge in [-0.3, -0.25) is 0 Å². The van der Waals surface area contributed by atoms with E-state index in [4.69, 9.17) is 4.74 Å². The van der Waals surface area contributed by atoms with Gasteiger partial charge in [0.2, 0.25) is 0 Å². The summed E-state index contributed by atoms with van der Waals surface area (Å²) in [5.74, 6) is 0.999. The number of benzene rings is 4. The lowest BCUT2D eigenvalue weighted by Gasteiger charge is -2.35. The van der Waals surface area contributed by atoms with Crippen molar-refractivity contribution in [1.29, 1.82) is 0 Å². The predicted molar refractivity (Wildman–Crippen MR) is 141 cm³/mol. The van der Waals surface area contributed by atoms with E-state index in [0.29, 0.717) is 0 Å². The van der Waals surface area contributed by atoms with Crippen LogP contribution in [0.25, 0.3) is 11.4 Å². The number of hydrogen-bond acceptors (Lipinski definition) is 2. The van der Waals surface area contributed by atoms with Gasteiger partial charge in [-0.15, -0.1) is 0 Å². The largest absolute Gasteiger partial charge is 0.497 e. The van der Waals surface area contributed by atoms with Crippen molar-refractivity contribution in [1.82, 2.24) is 0 Å². The zero-order valence-corrected chi connectivity index (χ0v) is 19.9. The molecule has 0 N–H and O–H groups in total. The maximum Gasteiger partial charge on any atom is 0.118 e. The molecule has 2 nitrogen and oxygen atoms in total. The summed E-state index contributed by atoms with van der Waals surface area (Å²) in [6, 6.07) is 38.1. The van der Waals surface area contributed by atoms with Crippen molar-refractivity contribution in [2.45, 2.75) is 5.92 Å². The van der Waals surface area contributed by atoms with E-state index < -0.39 is 0 Å². The van der Waals surface area contributed by atoms with Crippen molar-refractivity contribution in [3.63, 3.8) is 0 Å². The Balaban J connectivity index is 1.71. The number of allylic oxidation sites excluding steroid dienone is 2. The second-order valence-corrected chi connectivity index (χ2v) is 8.86. The van der Waals surface area contributed by atoms with Gasteiger partial charge in [0.05, 0.1) is 18.5 Å². The Hall–Kier alpha value is -3.56. The molecule has 0 bridgehead atoms. The van der Waals surface area contributed by atoms with E-state index in [0.717, 1.165) is 15.9 Å². The zero-order valence-electron chi connectivity index (χ0n) is 18.4. The van der Waals surface area contributed by atoms with Crippen molar-refractivity contribution in [3.05, 3.63) is 143 Å². The van der Waals surface area contributed by atoms with Gasteiger partial charge >= 0.3 is 0 Å². The van der Waals surface area contributed by atoms with Crippen molar-refractivity contribution < 1.29 is 4.74 Å². The summed E-state index contributed by atoms with van der Waals surface area (Å²) >= 11 is 3.58. The Morgan fingerprint density at radius 3 is 1.64 bits per heavy atom. The maximum atomic E-state index is 5.38. The van der Waals surface area contributed by atoms with Crippen LogP contribution in [0.3, 0.4) is 0 Å². The molecule has 0 unspecified atom stereocenters. The van der Waals surface area contributed by atoms with Crippen LogP contribution in [-0.2, 0) is 0 Å². The molecule has 1 heterocycles. The van der Waals surface area contributed by atoms with Crippen LogP contribution in [0.4, 0.5) is 5.69 Å². The molecule has 1 aliphatic heterocycles. The van der Waals surface area contributed by atoms with Gasteiger partial charge in [0, 0.05) is 16.1 Å². The van der Waals surface area contributed by atoms with E-state index in [-0.39, 0.29) is 5.92 Å². The summed E-state index contributed by atoms with van der Waals surface area (Å²) in [6.07, 6.45) is 4.71. The first kappa shape index (κ1) is 21.3. The van der Waals surface area contributed by atoms with E-state index in [1.54, 1.807) is 7.11 Å². The average Bonchev–Trinajstić information content (AvgIpc) is 2.89. The van der Waals surface area contributed by atoms with Crippen LogP contribution in [0.2, 0.25) is 0 Å². The molecule has 1 aliphatic rings. The summed E-state index contributed by atoms with van der Waals surface area (Å²) in [5.41, 5.74) is 7.05. The standard InChI is InChI=1S/C30H24BrNO/c1-33-28-18-12-22(13-19-28)25-20-29(23-8-4-2-5-9-23)32(27-16-14-26(31)15-17-27)30(21-25)24-10-6-3-7-11-24/h2-21,25H,1H3. The van der Waals surface area contributed by atoms with E-state index in [1.165, 1.54) is 28.1 Å². The first-order chi connectivity index (χ1) is 16.2. The van der Waals surface area contributed by atoms with Gasteiger partial charge in [-0.1, -0.05) is 88.7 Å². The Kier molecular flexibility index (Phi) is 6.14. The summed E-state index contributed by atoms with van der Waals surface area (Å²) in [6.45, 7) is 0. The van der Waals surface area contributed by atoms with Crippen LogP contribution in [0.15, 0.2) is 126 Å². The van der Waals surface area contributed by atoms with Gasteiger partial charge in [0.1, 0.15) is 5.75 Å². The van der Waals surface area contributed by atoms with Crippen molar-refractivity contribution in [3.8, 4) is 5.75 Å². The average molecular weight is 494 g/mol. The van der Waals surface area contributed by atoms with Gasteiger partial charge in [0.25, 0.3) is 0 Å². The minimum atomic E-state index is 0.132. The third-order valence-electron chi connectivity index (χ3n) is 5.88. The lowest BCUT2D eigenvalue weighted by atomic mass is 9.89. The number of hydrogen-bond donors (Lipinski definition) is 0. The molecule has 0 saturated heterocycles. The molecule has 33 heavy (non-hydrogen) atoms. The molecule has 0 aliphatic carbocycles. The van der Waals surface area contributed by atoms with Crippen LogP contribution in [0.5, 0.6) is 5.75 Å². The number of methoxy groups -OCH3 is 1. The topological polar surface area (TPSA) is 12.5 Å². The highest BCUT2D eigenvalue weighted by Gasteiger charge is 2.26. The highest BCUT2D eigenvalue weighted by Crippen LogP contribution is 2.42. The molecule has 5 rings (SSSR count). The van der Waals surface area contributed by atoms with E-state index in [2.05, 4.69) is 130 Å². The van der Waals surface area contributed by atoms with Gasteiger partial charge in [0.15, 0.2) is 0 Å². The minimum absolute atomic E-state index is 0.132. The molecule has 0 radical (unpaired) electrons. The summed E-state index contributed by atoms with van der Waals surface area (Å²) in [7, 11) is 1.70. The molecular weight excluding hydrogens is 470 g/mol. The smallest absolute Gasteiger partial charge is 0.118 e. The molecule has 0 saturated carbocycles. The fourth-order valence-electron chi connectivity index (χ4n) is 4.22. The molecule has 0 atom stereocenters. The van der Waals surface area contributed by atoms with Gasteiger partial charge in [-0.25, -0.2) is 0 Å². The van der Waals surface area contributed by atoms with Crippen LogP contribution < -0.4 is 9.64 Å². The van der Waals surface area contributed by atoms with Crippen LogP contribution in [0, 0.1) is 0 Å². The SMILES string of the molecule is COc1ccc(C2C=C(c3ccccc3)N(c3ccc(Br)cc3)C(c3ccccc3)=C2)cc1. The van der Waals surface area contributed by atoms with Crippen LogP contribution >= 0.6 is 15.9 Å². The molecule has 0 amide bonds. The number of anilines is 1. The fraction of sp³-hybridized carbons (Fsp3) is 0.0667. The van der Waals surface area contributed by atoms with Crippen LogP contribution in [-0.4, -0.2) is 7.11 Å².